The van der Waals surface area contributed by atoms with Crippen LogP contribution in [0.2, 0.25) is 0 Å². The average Bonchev–Trinajstić information content (AvgIpc) is 2.73. The van der Waals surface area contributed by atoms with Crippen molar-refractivity contribution in [2.24, 2.45) is 0 Å². The first-order valence-electron chi connectivity index (χ1n) is 8.60. The van der Waals surface area contributed by atoms with Crippen LogP contribution in [0.3, 0.4) is 0 Å². The summed E-state index contributed by atoms with van der Waals surface area (Å²) in [5.41, 5.74) is 3.37. The summed E-state index contributed by atoms with van der Waals surface area (Å²) in [4.78, 5) is 31.2. The molecule has 0 aliphatic heterocycles. The Bertz CT molecular complexity index is 1150. The number of benzene rings is 2. The fourth-order valence-electron chi connectivity index (χ4n) is 3.02. The molecule has 0 aliphatic carbocycles. The van der Waals surface area contributed by atoms with Crippen LogP contribution in [0.1, 0.15) is 15.9 Å². The lowest BCUT2D eigenvalue weighted by Gasteiger charge is -2.09. The minimum atomic E-state index is -0.223. The van der Waals surface area contributed by atoms with Crippen molar-refractivity contribution in [3.8, 4) is 11.1 Å². The Morgan fingerprint density at radius 1 is 0.926 bits per heavy atom. The lowest BCUT2D eigenvalue weighted by Crippen LogP contribution is -2.24. The van der Waals surface area contributed by atoms with Gasteiger partial charge in [-0.05, 0) is 28.8 Å². The van der Waals surface area contributed by atoms with Crippen molar-refractivity contribution in [2.45, 2.75) is 6.54 Å². The van der Waals surface area contributed by atoms with Gasteiger partial charge in [-0.2, -0.15) is 0 Å². The molecule has 2 aromatic carbocycles. The zero-order valence-electron chi connectivity index (χ0n) is 14.5. The molecule has 4 rings (SSSR count). The fourth-order valence-corrected chi connectivity index (χ4v) is 3.02. The number of H-pyrrole nitrogens is 1. The summed E-state index contributed by atoms with van der Waals surface area (Å²) < 4.78 is 0. The second-order valence-electron chi connectivity index (χ2n) is 6.20. The molecular weight excluding hydrogens is 338 g/mol. The van der Waals surface area contributed by atoms with E-state index in [2.05, 4.69) is 15.3 Å². The highest BCUT2D eigenvalue weighted by atomic mass is 16.1. The zero-order valence-corrected chi connectivity index (χ0v) is 14.5. The van der Waals surface area contributed by atoms with E-state index in [1.165, 1.54) is 6.20 Å². The van der Waals surface area contributed by atoms with E-state index in [0.29, 0.717) is 22.9 Å². The number of carbonyl (C=O) groups is 1. The molecule has 0 saturated carbocycles. The Morgan fingerprint density at radius 2 is 1.70 bits per heavy atom. The number of hydrogen-bond acceptors (Lipinski definition) is 3. The normalized spacial score (nSPS) is 10.7. The van der Waals surface area contributed by atoms with Gasteiger partial charge in [0.05, 0.1) is 5.56 Å². The van der Waals surface area contributed by atoms with Crippen LogP contribution < -0.4 is 10.9 Å². The van der Waals surface area contributed by atoms with Gasteiger partial charge in [-0.25, -0.2) is 0 Å². The number of nitrogens with one attached hydrogen (secondary N) is 2. The predicted molar refractivity (Wildman–Crippen MR) is 105 cm³/mol. The van der Waals surface area contributed by atoms with Crippen molar-refractivity contribution in [3.05, 3.63) is 101 Å². The number of amides is 1. The highest BCUT2D eigenvalue weighted by molar-refractivity contribution is 6.06. The number of aromatic nitrogens is 2. The van der Waals surface area contributed by atoms with Crippen molar-refractivity contribution in [3.63, 3.8) is 0 Å². The number of rotatable bonds is 4. The lowest BCUT2D eigenvalue weighted by atomic mass is 10.1. The summed E-state index contributed by atoms with van der Waals surface area (Å²) in [6.07, 6.45) is 5.03. The van der Waals surface area contributed by atoms with Crippen LogP contribution in [-0.4, -0.2) is 15.9 Å². The van der Waals surface area contributed by atoms with E-state index in [4.69, 9.17) is 0 Å². The predicted octanol–water partition coefficient (Wildman–Crippen LogP) is 3.52. The number of hydrogen-bond donors (Lipinski definition) is 2. The summed E-state index contributed by atoms with van der Waals surface area (Å²) in [5, 5.41) is 4.06. The number of pyridine rings is 2. The van der Waals surface area contributed by atoms with Gasteiger partial charge in [-0.15, -0.1) is 0 Å². The van der Waals surface area contributed by atoms with Gasteiger partial charge in [-0.3, -0.25) is 14.6 Å². The van der Waals surface area contributed by atoms with Gasteiger partial charge in [-0.1, -0.05) is 48.5 Å². The summed E-state index contributed by atoms with van der Waals surface area (Å²) in [7, 11) is 0. The van der Waals surface area contributed by atoms with Crippen LogP contribution in [-0.2, 0) is 6.54 Å². The topological polar surface area (TPSA) is 74.8 Å². The molecule has 0 saturated heterocycles. The minimum Gasteiger partial charge on any atom is -0.348 e. The molecule has 0 spiro atoms. The SMILES string of the molecule is O=C(NCc1ccc(-c2cccnc2)cc1)c1c[nH]c(=O)c2ccccc12. The van der Waals surface area contributed by atoms with E-state index in [1.54, 1.807) is 24.4 Å². The molecule has 27 heavy (non-hydrogen) atoms. The third-order valence-corrected chi connectivity index (χ3v) is 4.46. The standard InChI is InChI=1S/C22H17N3O2/c26-21-19-6-2-1-5-18(19)20(14-25-21)22(27)24-12-15-7-9-16(10-8-15)17-4-3-11-23-13-17/h1-11,13-14H,12H2,(H,24,27)(H,25,26). The molecule has 5 nitrogen and oxygen atoms in total. The molecule has 0 aliphatic rings. The van der Waals surface area contributed by atoms with Crippen LogP contribution >= 0.6 is 0 Å². The highest BCUT2D eigenvalue weighted by Crippen LogP contribution is 2.18. The molecule has 0 atom stereocenters. The average molecular weight is 355 g/mol. The first-order valence-corrected chi connectivity index (χ1v) is 8.60. The molecule has 132 valence electrons. The molecule has 0 radical (unpaired) electrons. The molecule has 2 aromatic heterocycles. The van der Waals surface area contributed by atoms with Crippen molar-refractivity contribution >= 4 is 16.7 Å². The number of fused-ring (bicyclic) bond motifs is 1. The summed E-state index contributed by atoms with van der Waals surface area (Å²) in [6, 6.07) is 19.0. The van der Waals surface area contributed by atoms with Gasteiger partial charge in [0.25, 0.3) is 11.5 Å². The molecule has 2 heterocycles. The Labute approximate surface area is 155 Å². The second-order valence-corrected chi connectivity index (χ2v) is 6.20. The molecular formula is C22H17N3O2. The van der Waals surface area contributed by atoms with E-state index in [9.17, 15) is 9.59 Å². The third kappa shape index (κ3) is 3.48. The van der Waals surface area contributed by atoms with Crippen molar-refractivity contribution in [1.29, 1.82) is 0 Å². The van der Waals surface area contributed by atoms with Gasteiger partial charge in [0.2, 0.25) is 0 Å². The third-order valence-electron chi connectivity index (χ3n) is 4.46. The molecule has 1 amide bonds. The van der Waals surface area contributed by atoms with Gasteiger partial charge in [0.15, 0.2) is 0 Å². The number of carbonyl (C=O) groups excluding carboxylic acids is 1. The maximum atomic E-state index is 12.6. The summed E-state index contributed by atoms with van der Waals surface area (Å²) >= 11 is 0. The minimum absolute atomic E-state index is 0.201. The lowest BCUT2D eigenvalue weighted by molar-refractivity contribution is 0.0952. The van der Waals surface area contributed by atoms with Crippen molar-refractivity contribution in [2.75, 3.05) is 0 Å². The van der Waals surface area contributed by atoms with Crippen molar-refractivity contribution < 1.29 is 4.79 Å². The summed E-state index contributed by atoms with van der Waals surface area (Å²) in [6.45, 7) is 0.402. The molecule has 0 bridgehead atoms. The Morgan fingerprint density at radius 3 is 2.44 bits per heavy atom. The van der Waals surface area contributed by atoms with E-state index >= 15 is 0 Å². The smallest absolute Gasteiger partial charge is 0.255 e. The number of nitrogens with zero attached hydrogens (tertiary/aromatic N) is 1. The Balaban J connectivity index is 1.50. The maximum Gasteiger partial charge on any atom is 0.255 e. The second kappa shape index (κ2) is 7.25. The molecule has 0 unspecified atom stereocenters. The van der Waals surface area contributed by atoms with Gasteiger partial charge in [0, 0.05) is 35.9 Å². The number of aromatic amines is 1. The van der Waals surface area contributed by atoms with Crippen LogP contribution in [0.5, 0.6) is 0 Å². The van der Waals surface area contributed by atoms with E-state index in [-0.39, 0.29) is 11.5 Å². The first kappa shape index (κ1) is 16.7. The molecule has 0 fully saturated rings. The zero-order chi connectivity index (χ0) is 18.6. The Kier molecular flexibility index (Phi) is 4.49. The molecule has 5 heteroatoms. The maximum absolute atomic E-state index is 12.6. The van der Waals surface area contributed by atoms with Crippen LogP contribution in [0.25, 0.3) is 21.9 Å². The monoisotopic (exact) mass is 355 g/mol. The molecule has 4 aromatic rings. The molecule has 2 N–H and O–H groups in total. The van der Waals surface area contributed by atoms with E-state index in [0.717, 1.165) is 16.7 Å². The Hall–Kier alpha value is -3.73. The van der Waals surface area contributed by atoms with Crippen LogP contribution in [0, 0.1) is 0 Å². The van der Waals surface area contributed by atoms with Gasteiger partial charge >= 0.3 is 0 Å². The quantitative estimate of drug-likeness (QED) is 0.588. The largest absolute Gasteiger partial charge is 0.348 e. The van der Waals surface area contributed by atoms with Crippen LogP contribution in [0.4, 0.5) is 0 Å². The highest BCUT2D eigenvalue weighted by Gasteiger charge is 2.11. The van der Waals surface area contributed by atoms with Gasteiger partial charge < -0.3 is 10.3 Å². The van der Waals surface area contributed by atoms with Crippen molar-refractivity contribution in [1.82, 2.24) is 15.3 Å². The van der Waals surface area contributed by atoms with Gasteiger partial charge in [0.1, 0.15) is 0 Å². The summed E-state index contributed by atoms with van der Waals surface area (Å²) in [5.74, 6) is -0.223. The van der Waals surface area contributed by atoms with Crippen LogP contribution in [0.15, 0.2) is 84.0 Å². The van der Waals surface area contributed by atoms with E-state index < -0.39 is 0 Å². The fraction of sp³-hybridized carbons (Fsp3) is 0.0455. The van der Waals surface area contributed by atoms with E-state index in [1.807, 2.05) is 48.7 Å². The first-order chi connectivity index (χ1) is 13.2.